The zero-order chi connectivity index (χ0) is 11.4. The SMILES string of the molecule is Nc1cc(N)nc(SCC2CCCCO2)n1. The van der Waals surface area contributed by atoms with E-state index in [1.54, 1.807) is 17.8 Å². The van der Waals surface area contributed by atoms with Crippen LogP contribution in [0.25, 0.3) is 0 Å². The molecule has 0 amide bonds. The van der Waals surface area contributed by atoms with Crippen LogP contribution in [0, 0.1) is 0 Å². The van der Waals surface area contributed by atoms with Gasteiger partial charge in [-0.25, -0.2) is 9.97 Å². The third-order valence-corrected chi connectivity index (χ3v) is 3.40. The van der Waals surface area contributed by atoms with Crippen LogP contribution >= 0.6 is 11.8 Å². The molecule has 1 aromatic heterocycles. The summed E-state index contributed by atoms with van der Waals surface area (Å²) in [5, 5.41) is 0.631. The minimum Gasteiger partial charge on any atom is -0.383 e. The first-order chi connectivity index (χ1) is 7.74. The summed E-state index contributed by atoms with van der Waals surface area (Å²) in [6, 6.07) is 1.56. The van der Waals surface area contributed by atoms with Crippen LogP contribution in [0.5, 0.6) is 0 Å². The molecular formula is C10H16N4OS. The van der Waals surface area contributed by atoms with Crippen molar-refractivity contribution in [1.82, 2.24) is 9.97 Å². The monoisotopic (exact) mass is 240 g/mol. The lowest BCUT2D eigenvalue weighted by molar-refractivity contribution is 0.0315. The molecule has 2 rings (SSSR count). The van der Waals surface area contributed by atoms with Crippen molar-refractivity contribution in [2.24, 2.45) is 0 Å². The van der Waals surface area contributed by atoms with Gasteiger partial charge in [-0.15, -0.1) is 0 Å². The number of hydrogen-bond donors (Lipinski definition) is 2. The van der Waals surface area contributed by atoms with Gasteiger partial charge in [0.15, 0.2) is 5.16 Å². The Bertz CT molecular complexity index is 334. The number of nitrogens with zero attached hydrogens (tertiary/aromatic N) is 2. The third kappa shape index (κ3) is 3.24. The van der Waals surface area contributed by atoms with Crippen LogP contribution in [0.15, 0.2) is 11.2 Å². The second kappa shape index (κ2) is 5.36. The van der Waals surface area contributed by atoms with Crippen LogP contribution in [0.4, 0.5) is 11.6 Å². The molecule has 5 nitrogen and oxygen atoms in total. The molecule has 16 heavy (non-hydrogen) atoms. The van der Waals surface area contributed by atoms with Gasteiger partial charge in [0.1, 0.15) is 11.6 Å². The summed E-state index contributed by atoms with van der Waals surface area (Å²) in [7, 11) is 0. The molecule has 0 bridgehead atoms. The van der Waals surface area contributed by atoms with Crippen LogP contribution < -0.4 is 11.5 Å². The number of rotatable bonds is 3. The molecule has 1 atom stereocenters. The van der Waals surface area contributed by atoms with Crippen molar-refractivity contribution in [3.05, 3.63) is 6.07 Å². The van der Waals surface area contributed by atoms with E-state index in [2.05, 4.69) is 9.97 Å². The van der Waals surface area contributed by atoms with Gasteiger partial charge >= 0.3 is 0 Å². The second-order valence-electron chi connectivity index (χ2n) is 3.80. The summed E-state index contributed by atoms with van der Waals surface area (Å²) in [6.45, 7) is 0.866. The summed E-state index contributed by atoms with van der Waals surface area (Å²) in [4.78, 5) is 8.22. The molecule has 0 radical (unpaired) electrons. The lowest BCUT2D eigenvalue weighted by atomic mass is 10.1. The van der Waals surface area contributed by atoms with Gasteiger partial charge in [0.05, 0.1) is 6.10 Å². The van der Waals surface area contributed by atoms with E-state index in [1.165, 1.54) is 12.8 Å². The van der Waals surface area contributed by atoms with Gasteiger partial charge in [-0.3, -0.25) is 0 Å². The van der Waals surface area contributed by atoms with Crippen molar-refractivity contribution in [2.45, 2.75) is 30.5 Å². The Morgan fingerprint density at radius 1 is 1.31 bits per heavy atom. The van der Waals surface area contributed by atoms with Crippen molar-refractivity contribution >= 4 is 23.4 Å². The Labute approximate surface area is 99.0 Å². The fourth-order valence-electron chi connectivity index (χ4n) is 1.63. The lowest BCUT2D eigenvalue weighted by Crippen LogP contribution is -2.21. The van der Waals surface area contributed by atoms with Crippen LogP contribution in [0.2, 0.25) is 0 Å². The number of ether oxygens (including phenoxy) is 1. The molecular weight excluding hydrogens is 224 g/mol. The molecule has 2 heterocycles. The van der Waals surface area contributed by atoms with E-state index in [0.717, 1.165) is 18.8 Å². The Hall–Kier alpha value is -1.01. The standard InChI is InChI=1S/C10H16N4OS/c11-8-5-9(12)14-10(13-8)16-6-7-3-1-2-4-15-7/h5,7H,1-4,6H2,(H4,11,12,13,14). The van der Waals surface area contributed by atoms with Gasteiger partial charge in [-0.05, 0) is 19.3 Å². The van der Waals surface area contributed by atoms with Crippen molar-refractivity contribution in [2.75, 3.05) is 23.8 Å². The first-order valence-electron chi connectivity index (χ1n) is 5.38. The molecule has 0 aromatic carbocycles. The normalized spacial score (nSPS) is 20.9. The predicted octanol–water partition coefficient (Wildman–Crippen LogP) is 1.30. The largest absolute Gasteiger partial charge is 0.383 e. The maximum absolute atomic E-state index is 5.62. The molecule has 88 valence electrons. The van der Waals surface area contributed by atoms with E-state index < -0.39 is 0 Å². The molecule has 6 heteroatoms. The molecule has 0 aliphatic carbocycles. The minimum absolute atomic E-state index is 0.310. The molecule has 1 fully saturated rings. The summed E-state index contributed by atoms with van der Waals surface area (Å²) in [5.74, 6) is 1.70. The first-order valence-corrected chi connectivity index (χ1v) is 6.37. The highest BCUT2D eigenvalue weighted by molar-refractivity contribution is 7.99. The highest BCUT2D eigenvalue weighted by Crippen LogP contribution is 2.22. The lowest BCUT2D eigenvalue weighted by Gasteiger charge is -2.21. The summed E-state index contributed by atoms with van der Waals surface area (Å²) >= 11 is 1.55. The first kappa shape index (κ1) is 11.5. The van der Waals surface area contributed by atoms with Crippen molar-refractivity contribution in [3.63, 3.8) is 0 Å². The van der Waals surface area contributed by atoms with Crippen LogP contribution in [-0.2, 0) is 4.74 Å². The van der Waals surface area contributed by atoms with E-state index in [-0.39, 0.29) is 0 Å². The van der Waals surface area contributed by atoms with E-state index in [9.17, 15) is 0 Å². The maximum Gasteiger partial charge on any atom is 0.191 e. The van der Waals surface area contributed by atoms with Crippen molar-refractivity contribution in [1.29, 1.82) is 0 Å². The quantitative estimate of drug-likeness (QED) is 0.611. The van der Waals surface area contributed by atoms with Crippen molar-refractivity contribution in [3.8, 4) is 0 Å². The molecule has 0 spiro atoms. The van der Waals surface area contributed by atoms with Crippen LogP contribution in [0.3, 0.4) is 0 Å². The smallest absolute Gasteiger partial charge is 0.191 e. The predicted molar refractivity (Wildman–Crippen MR) is 65.2 cm³/mol. The van der Waals surface area contributed by atoms with Gasteiger partial charge in [0.25, 0.3) is 0 Å². The molecule has 4 N–H and O–H groups in total. The topological polar surface area (TPSA) is 87.1 Å². The Morgan fingerprint density at radius 2 is 2.06 bits per heavy atom. The average molecular weight is 240 g/mol. The van der Waals surface area contributed by atoms with Gasteiger partial charge in [0, 0.05) is 18.4 Å². The van der Waals surface area contributed by atoms with E-state index >= 15 is 0 Å². The minimum atomic E-state index is 0.310. The highest BCUT2D eigenvalue weighted by atomic mass is 32.2. The Morgan fingerprint density at radius 3 is 2.69 bits per heavy atom. The number of hydrogen-bond acceptors (Lipinski definition) is 6. The molecule has 1 aromatic rings. The van der Waals surface area contributed by atoms with Crippen molar-refractivity contribution < 1.29 is 4.74 Å². The van der Waals surface area contributed by atoms with Gasteiger partial charge in [0.2, 0.25) is 0 Å². The van der Waals surface area contributed by atoms with E-state index in [1.807, 2.05) is 0 Å². The average Bonchev–Trinajstić information content (AvgIpc) is 2.27. The number of thioether (sulfide) groups is 1. The molecule has 1 unspecified atom stereocenters. The third-order valence-electron chi connectivity index (χ3n) is 2.42. The van der Waals surface area contributed by atoms with Gasteiger partial charge in [-0.1, -0.05) is 11.8 Å². The zero-order valence-electron chi connectivity index (χ0n) is 9.06. The number of nitrogens with two attached hydrogens (primary N) is 2. The zero-order valence-corrected chi connectivity index (χ0v) is 9.87. The van der Waals surface area contributed by atoms with E-state index in [4.69, 9.17) is 16.2 Å². The van der Waals surface area contributed by atoms with Crippen LogP contribution in [0.1, 0.15) is 19.3 Å². The van der Waals surface area contributed by atoms with Gasteiger partial charge < -0.3 is 16.2 Å². The number of nitrogen functional groups attached to an aromatic ring is 2. The second-order valence-corrected chi connectivity index (χ2v) is 4.79. The maximum atomic E-state index is 5.62. The number of aromatic nitrogens is 2. The Kier molecular flexibility index (Phi) is 3.84. The summed E-state index contributed by atoms with van der Waals surface area (Å²) in [5.41, 5.74) is 11.2. The highest BCUT2D eigenvalue weighted by Gasteiger charge is 2.14. The summed E-state index contributed by atoms with van der Waals surface area (Å²) in [6.07, 6.45) is 3.84. The molecule has 1 aliphatic rings. The Balaban J connectivity index is 1.88. The fraction of sp³-hybridized carbons (Fsp3) is 0.600. The fourth-order valence-corrected chi connectivity index (χ4v) is 2.57. The van der Waals surface area contributed by atoms with Crippen LogP contribution in [-0.4, -0.2) is 28.4 Å². The number of anilines is 2. The summed E-state index contributed by atoms with van der Waals surface area (Å²) < 4.78 is 5.62. The molecule has 1 aliphatic heterocycles. The molecule has 1 saturated heterocycles. The van der Waals surface area contributed by atoms with E-state index in [0.29, 0.717) is 22.9 Å². The van der Waals surface area contributed by atoms with Gasteiger partial charge in [-0.2, -0.15) is 0 Å². The molecule has 0 saturated carbocycles.